The van der Waals surface area contributed by atoms with Crippen molar-refractivity contribution in [3.05, 3.63) is 94.7 Å². The van der Waals surface area contributed by atoms with Gasteiger partial charge < -0.3 is 14.6 Å². The summed E-state index contributed by atoms with van der Waals surface area (Å²) in [5, 5.41) is 10.6. The number of carbonyl (C=O) groups is 1. The number of rotatable bonds is 7. The van der Waals surface area contributed by atoms with Crippen LogP contribution < -0.4 is 9.47 Å². The van der Waals surface area contributed by atoms with Gasteiger partial charge in [0, 0.05) is 39.3 Å². The van der Waals surface area contributed by atoms with Crippen molar-refractivity contribution >= 4 is 11.9 Å². The lowest BCUT2D eigenvalue weighted by Gasteiger charge is -2.35. The summed E-state index contributed by atoms with van der Waals surface area (Å²) in [5.74, 6) is 1.52. The van der Waals surface area contributed by atoms with E-state index in [0.717, 1.165) is 44.0 Å². The molecule has 0 aromatic heterocycles. The van der Waals surface area contributed by atoms with Gasteiger partial charge in [0.2, 0.25) is 5.78 Å². The summed E-state index contributed by atoms with van der Waals surface area (Å²) in [7, 11) is 0. The van der Waals surface area contributed by atoms with Gasteiger partial charge in [-0.1, -0.05) is 42.5 Å². The average Bonchev–Trinajstić information content (AvgIpc) is 3.19. The van der Waals surface area contributed by atoms with Crippen LogP contribution in [0.15, 0.2) is 72.5 Å². The number of nitrogens with zero attached hydrogens (tertiary/aromatic N) is 2. The maximum Gasteiger partial charge on any atom is 0.231 e. The summed E-state index contributed by atoms with van der Waals surface area (Å²) in [6.45, 7) is 7.70. The number of phenolic OH excluding ortho intramolecular Hbond substituents is 1. The molecule has 2 aliphatic rings. The highest BCUT2D eigenvalue weighted by molar-refractivity contribution is 6.15. The predicted molar refractivity (Wildman–Crippen MR) is 136 cm³/mol. The summed E-state index contributed by atoms with van der Waals surface area (Å²) < 4.78 is 11.5. The lowest BCUT2D eigenvalue weighted by Crippen LogP contribution is -2.45. The average molecular weight is 471 g/mol. The van der Waals surface area contributed by atoms with Crippen molar-refractivity contribution in [1.82, 2.24) is 9.80 Å². The van der Waals surface area contributed by atoms with Crippen molar-refractivity contribution in [1.29, 1.82) is 0 Å². The van der Waals surface area contributed by atoms with Crippen LogP contribution in [0.2, 0.25) is 0 Å². The highest BCUT2D eigenvalue weighted by Gasteiger charge is 2.32. The Labute approximate surface area is 206 Å². The van der Waals surface area contributed by atoms with Crippen molar-refractivity contribution in [2.75, 3.05) is 32.8 Å². The second kappa shape index (κ2) is 10.3. The minimum absolute atomic E-state index is 0.158. The second-order valence-electron chi connectivity index (χ2n) is 8.92. The van der Waals surface area contributed by atoms with Crippen LogP contribution in [0.1, 0.15) is 34.0 Å². The molecular weight excluding hydrogens is 440 g/mol. The van der Waals surface area contributed by atoms with E-state index in [1.165, 1.54) is 5.56 Å². The van der Waals surface area contributed by atoms with Crippen molar-refractivity contribution < 1.29 is 19.4 Å². The number of allylic oxidation sites excluding steroid dienone is 1. The van der Waals surface area contributed by atoms with E-state index in [1.54, 1.807) is 18.2 Å². The van der Waals surface area contributed by atoms with Crippen molar-refractivity contribution in [3.8, 4) is 17.2 Å². The van der Waals surface area contributed by atoms with Crippen LogP contribution in [-0.4, -0.2) is 53.5 Å². The monoisotopic (exact) mass is 470 g/mol. The SMILES string of the molecule is CCOc1ccc(/C=C2\Oc3c(ccc(O)c3CN3CCN(Cc4ccccc4)CC3)C2=O)cc1. The lowest BCUT2D eigenvalue weighted by atomic mass is 10.0. The molecule has 35 heavy (non-hydrogen) atoms. The number of hydrogen-bond donors (Lipinski definition) is 1. The Morgan fingerprint density at radius 1 is 0.914 bits per heavy atom. The summed E-state index contributed by atoms with van der Waals surface area (Å²) >= 11 is 0. The van der Waals surface area contributed by atoms with Crippen molar-refractivity contribution in [3.63, 3.8) is 0 Å². The molecule has 6 nitrogen and oxygen atoms in total. The van der Waals surface area contributed by atoms with Gasteiger partial charge in [-0.2, -0.15) is 0 Å². The largest absolute Gasteiger partial charge is 0.507 e. The molecule has 1 saturated heterocycles. The quantitative estimate of drug-likeness (QED) is 0.504. The number of piperazine rings is 1. The molecule has 0 saturated carbocycles. The van der Waals surface area contributed by atoms with E-state index in [9.17, 15) is 9.90 Å². The van der Waals surface area contributed by atoms with Crippen LogP contribution in [0.3, 0.4) is 0 Å². The van der Waals surface area contributed by atoms with Gasteiger partial charge in [-0.3, -0.25) is 14.6 Å². The third kappa shape index (κ3) is 5.24. The molecule has 0 unspecified atom stereocenters. The first kappa shape index (κ1) is 23.1. The van der Waals surface area contributed by atoms with Crippen LogP contribution in [0.25, 0.3) is 6.08 Å². The first-order chi connectivity index (χ1) is 17.1. The van der Waals surface area contributed by atoms with Crippen molar-refractivity contribution in [2.24, 2.45) is 0 Å². The molecule has 180 valence electrons. The van der Waals surface area contributed by atoms with Crippen molar-refractivity contribution in [2.45, 2.75) is 20.0 Å². The van der Waals surface area contributed by atoms with Crippen LogP contribution in [0.4, 0.5) is 0 Å². The molecule has 2 aliphatic heterocycles. The molecule has 0 aliphatic carbocycles. The van der Waals surface area contributed by atoms with Gasteiger partial charge in [-0.15, -0.1) is 0 Å². The topological polar surface area (TPSA) is 62.2 Å². The maximum atomic E-state index is 13.0. The van der Waals surface area contributed by atoms with Gasteiger partial charge in [-0.05, 0) is 48.4 Å². The smallest absolute Gasteiger partial charge is 0.231 e. The number of phenols is 1. The van der Waals surface area contributed by atoms with E-state index < -0.39 is 0 Å². The molecule has 0 bridgehead atoms. The molecule has 0 radical (unpaired) electrons. The zero-order valence-corrected chi connectivity index (χ0v) is 19.9. The van der Waals surface area contributed by atoms with Crippen LogP contribution in [0, 0.1) is 0 Å². The van der Waals surface area contributed by atoms with E-state index in [4.69, 9.17) is 9.47 Å². The maximum absolute atomic E-state index is 13.0. The van der Waals surface area contributed by atoms with Gasteiger partial charge in [0.1, 0.15) is 17.2 Å². The fourth-order valence-corrected chi connectivity index (χ4v) is 4.60. The molecule has 2 heterocycles. The molecule has 3 aromatic carbocycles. The minimum atomic E-state index is -0.164. The van der Waals surface area contributed by atoms with E-state index >= 15 is 0 Å². The summed E-state index contributed by atoms with van der Waals surface area (Å²) in [6, 6.07) is 21.3. The molecule has 5 rings (SSSR count). The van der Waals surface area contributed by atoms with Crippen LogP contribution >= 0.6 is 0 Å². The lowest BCUT2D eigenvalue weighted by molar-refractivity contribution is 0.101. The Kier molecular flexibility index (Phi) is 6.84. The van der Waals surface area contributed by atoms with E-state index in [0.29, 0.717) is 30.0 Å². The Bertz CT molecular complexity index is 1210. The van der Waals surface area contributed by atoms with Gasteiger partial charge in [0.15, 0.2) is 5.76 Å². The number of aromatic hydroxyl groups is 1. The Morgan fingerprint density at radius 2 is 1.60 bits per heavy atom. The zero-order valence-electron chi connectivity index (χ0n) is 19.9. The Balaban J connectivity index is 1.27. The molecule has 1 fully saturated rings. The molecule has 1 N–H and O–H groups in total. The number of Topliss-reactive ketones (excluding diaryl/α,β-unsaturated/α-hetero) is 1. The number of ketones is 1. The first-order valence-corrected chi connectivity index (χ1v) is 12.1. The van der Waals surface area contributed by atoms with E-state index in [-0.39, 0.29) is 17.3 Å². The summed E-state index contributed by atoms with van der Waals surface area (Å²) in [6.07, 6.45) is 1.74. The third-order valence-corrected chi connectivity index (χ3v) is 6.50. The standard InChI is InChI=1S/C29H30N2O4/c1-2-34-23-10-8-21(9-11-23)18-27-28(33)24-12-13-26(32)25(29(24)35-27)20-31-16-14-30(15-17-31)19-22-6-4-3-5-7-22/h3-13,18,32H,2,14-17,19-20H2,1H3/b27-18-. The van der Waals surface area contributed by atoms with Crippen LogP contribution in [-0.2, 0) is 13.1 Å². The molecule has 0 atom stereocenters. The highest BCUT2D eigenvalue weighted by Crippen LogP contribution is 2.40. The van der Waals surface area contributed by atoms with Gasteiger partial charge in [0.25, 0.3) is 0 Å². The third-order valence-electron chi connectivity index (χ3n) is 6.50. The van der Waals surface area contributed by atoms with Gasteiger partial charge in [-0.25, -0.2) is 0 Å². The normalized spacial score (nSPS) is 17.4. The minimum Gasteiger partial charge on any atom is -0.507 e. The molecular formula is C29H30N2O4. The van der Waals surface area contributed by atoms with Gasteiger partial charge in [0.05, 0.1) is 17.7 Å². The Hall–Kier alpha value is -3.61. The predicted octanol–water partition coefficient (Wildman–Crippen LogP) is 4.72. The number of ether oxygens (including phenoxy) is 2. The fourth-order valence-electron chi connectivity index (χ4n) is 4.60. The molecule has 3 aromatic rings. The highest BCUT2D eigenvalue weighted by atomic mass is 16.5. The Morgan fingerprint density at radius 3 is 2.29 bits per heavy atom. The first-order valence-electron chi connectivity index (χ1n) is 12.1. The molecule has 0 amide bonds. The second-order valence-corrected chi connectivity index (χ2v) is 8.92. The molecule has 6 heteroatoms. The fraction of sp³-hybridized carbons (Fsp3) is 0.276. The summed E-state index contributed by atoms with van der Waals surface area (Å²) in [4.78, 5) is 17.8. The zero-order chi connectivity index (χ0) is 24.2. The van der Waals surface area contributed by atoms with Crippen LogP contribution in [0.5, 0.6) is 17.2 Å². The summed E-state index contributed by atoms with van der Waals surface area (Å²) in [5.41, 5.74) is 3.34. The number of carbonyl (C=O) groups excluding carboxylic acids is 1. The number of fused-ring (bicyclic) bond motifs is 1. The van der Waals surface area contributed by atoms with E-state index in [1.807, 2.05) is 37.3 Å². The number of benzene rings is 3. The molecule has 0 spiro atoms. The van der Waals surface area contributed by atoms with E-state index in [2.05, 4.69) is 34.1 Å². The van der Waals surface area contributed by atoms with Gasteiger partial charge >= 0.3 is 0 Å². The number of hydrogen-bond acceptors (Lipinski definition) is 6.